The van der Waals surface area contributed by atoms with Crippen LogP contribution in [0.3, 0.4) is 0 Å². The van der Waals surface area contributed by atoms with Gasteiger partial charge in [-0.15, -0.1) is 23.4 Å². The fourth-order valence-corrected chi connectivity index (χ4v) is 4.61. The molecule has 11 nitrogen and oxygen atoms in total. The molecular weight excluding hydrogens is 491 g/mol. The van der Waals surface area contributed by atoms with Gasteiger partial charge in [0.2, 0.25) is 11.8 Å². The van der Waals surface area contributed by atoms with E-state index in [2.05, 4.69) is 30.2 Å². The highest BCUT2D eigenvalue weighted by molar-refractivity contribution is 7.14. The van der Waals surface area contributed by atoms with Crippen LogP contribution >= 0.6 is 11.3 Å². The molecule has 2 aromatic rings. The van der Waals surface area contributed by atoms with E-state index in [1.54, 1.807) is 4.90 Å². The summed E-state index contributed by atoms with van der Waals surface area (Å²) < 4.78 is 49.7. The summed E-state index contributed by atoms with van der Waals surface area (Å²) in [5, 5.41) is 10.9. The number of allylic oxidation sites excluding steroid dienone is 2. The van der Waals surface area contributed by atoms with Crippen molar-refractivity contribution in [2.24, 2.45) is 5.73 Å². The molecule has 35 heavy (non-hydrogen) atoms. The van der Waals surface area contributed by atoms with Crippen LogP contribution in [0.15, 0.2) is 42.1 Å². The van der Waals surface area contributed by atoms with Crippen LogP contribution in [0.5, 0.6) is 0 Å². The lowest BCUT2D eigenvalue weighted by Gasteiger charge is -2.37. The molecule has 0 bridgehead atoms. The molecule has 186 valence electrons. The smallest absolute Gasteiger partial charge is 0.407 e. The molecule has 0 saturated carbocycles. The number of nitrogens with one attached hydrogen (secondary N) is 1. The molecule has 1 aliphatic carbocycles. The minimum absolute atomic E-state index is 0.0255. The van der Waals surface area contributed by atoms with E-state index >= 15 is 0 Å². The van der Waals surface area contributed by atoms with Crippen LogP contribution in [0.2, 0.25) is 0 Å². The highest BCUT2D eigenvalue weighted by atomic mass is 32.1. The van der Waals surface area contributed by atoms with Crippen LogP contribution in [-0.4, -0.2) is 76.1 Å². The summed E-state index contributed by atoms with van der Waals surface area (Å²) in [4.78, 5) is 34.9. The van der Waals surface area contributed by atoms with Crippen molar-refractivity contribution < 1.29 is 32.2 Å². The maximum atomic E-state index is 13.4. The SMILES string of the molecule is NC(=O)C1=CC=C(OC(F)(F)F)C(NC(=O)CN2CCOCC2)(c2nnc(-c3cnccn3)s2)C1. The number of aromatic nitrogens is 4. The highest BCUT2D eigenvalue weighted by Crippen LogP contribution is 2.44. The molecule has 4 rings (SSSR count). The fraction of sp³-hybridized carbons (Fsp3) is 0.400. The van der Waals surface area contributed by atoms with Crippen molar-refractivity contribution in [3.05, 3.63) is 47.1 Å². The Bertz CT molecular complexity index is 1150. The molecule has 1 fully saturated rings. The Kier molecular flexibility index (Phi) is 7.09. The van der Waals surface area contributed by atoms with Crippen molar-refractivity contribution in [2.45, 2.75) is 18.3 Å². The highest BCUT2D eigenvalue weighted by Gasteiger charge is 2.49. The van der Waals surface area contributed by atoms with Crippen LogP contribution in [0.25, 0.3) is 10.7 Å². The van der Waals surface area contributed by atoms with Crippen molar-refractivity contribution in [3.63, 3.8) is 0 Å². The van der Waals surface area contributed by atoms with E-state index in [1.807, 2.05) is 0 Å². The van der Waals surface area contributed by atoms with Gasteiger partial charge in [-0.3, -0.25) is 24.5 Å². The molecular formula is C20H20F3N7O4S. The largest absolute Gasteiger partial charge is 0.572 e. The van der Waals surface area contributed by atoms with Crippen LogP contribution in [-0.2, 0) is 24.6 Å². The molecule has 15 heteroatoms. The lowest BCUT2D eigenvalue weighted by atomic mass is 9.84. The summed E-state index contributed by atoms with van der Waals surface area (Å²) in [6.07, 6.45) is 0.851. The Balaban J connectivity index is 1.75. The van der Waals surface area contributed by atoms with Crippen molar-refractivity contribution in [3.8, 4) is 10.7 Å². The van der Waals surface area contributed by atoms with Gasteiger partial charge in [-0.25, -0.2) is 0 Å². The average Bonchev–Trinajstić information content (AvgIpc) is 3.31. The molecule has 1 atom stereocenters. The van der Waals surface area contributed by atoms with Crippen LogP contribution < -0.4 is 11.1 Å². The number of carbonyl (C=O) groups excluding carboxylic acids is 2. The van der Waals surface area contributed by atoms with Gasteiger partial charge in [0, 0.05) is 37.5 Å². The molecule has 3 N–H and O–H groups in total. The third-order valence-electron chi connectivity index (χ3n) is 5.25. The van der Waals surface area contributed by atoms with Crippen molar-refractivity contribution in [1.82, 2.24) is 30.4 Å². The second kappa shape index (κ2) is 10.1. The number of nitrogens with two attached hydrogens (primary N) is 1. The molecule has 2 amide bonds. The minimum atomic E-state index is -5.08. The van der Waals surface area contributed by atoms with Crippen molar-refractivity contribution >= 4 is 23.2 Å². The van der Waals surface area contributed by atoms with Gasteiger partial charge in [-0.1, -0.05) is 17.4 Å². The van der Waals surface area contributed by atoms with Gasteiger partial charge in [0.1, 0.15) is 11.5 Å². The van der Waals surface area contributed by atoms with Gasteiger partial charge < -0.3 is 20.5 Å². The summed E-state index contributed by atoms with van der Waals surface area (Å²) >= 11 is 0.882. The summed E-state index contributed by atoms with van der Waals surface area (Å²) in [7, 11) is 0. The first-order valence-electron chi connectivity index (χ1n) is 10.3. The number of alkyl halides is 3. The monoisotopic (exact) mass is 511 g/mol. The van der Waals surface area contributed by atoms with E-state index in [4.69, 9.17) is 10.5 Å². The number of rotatable bonds is 7. The maximum Gasteiger partial charge on any atom is 0.572 e. The predicted octanol–water partition coefficient (Wildman–Crippen LogP) is 0.875. The van der Waals surface area contributed by atoms with E-state index in [0.29, 0.717) is 32.0 Å². The van der Waals surface area contributed by atoms with Gasteiger partial charge in [-0.05, 0) is 6.08 Å². The van der Waals surface area contributed by atoms with E-state index in [1.165, 1.54) is 18.6 Å². The zero-order valence-electron chi connectivity index (χ0n) is 18.1. The standard InChI is InChI=1S/C20H20F3N7O4S/c21-20(22,23)34-14-2-1-12(16(24)32)9-19(14,27-15(31)11-30-5-7-33-8-6-30)18-29-28-17(35-18)13-10-25-3-4-26-13/h1-4,10H,5-9,11H2,(H2,24,32)(H,27,31). The van der Waals surface area contributed by atoms with Crippen LogP contribution in [0.1, 0.15) is 11.4 Å². The minimum Gasteiger partial charge on any atom is -0.407 e. The molecule has 0 aromatic carbocycles. The van der Waals surface area contributed by atoms with Gasteiger partial charge in [0.05, 0.1) is 26.0 Å². The zero-order chi connectivity index (χ0) is 25.1. The first-order valence-corrected chi connectivity index (χ1v) is 11.2. The number of morpholine rings is 1. The Labute approximate surface area is 200 Å². The van der Waals surface area contributed by atoms with E-state index in [9.17, 15) is 22.8 Å². The van der Waals surface area contributed by atoms with Gasteiger partial charge >= 0.3 is 6.36 Å². The number of primary amides is 1. The lowest BCUT2D eigenvalue weighted by molar-refractivity contribution is -0.310. The molecule has 0 spiro atoms. The molecule has 3 heterocycles. The van der Waals surface area contributed by atoms with Gasteiger partial charge in [0.15, 0.2) is 15.6 Å². The first-order chi connectivity index (χ1) is 16.7. The molecule has 0 radical (unpaired) electrons. The topological polar surface area (TPSA) is 145 Å². The molecule has 2 aromatic heterocycles. The number of carbonyl (C=O) groups is 2. The molecule has 2 aliphatic rings. The Morgan fingerprint density at radius 3 is 2.66 bits per heavy atom. The first kappa shape index (κ1) is 24.7. The molecule has 1 saturated heterocycles. The number of nitrogens with zero attached hydrogens (tertiary/aromatic N) is 5. The third-order valence-corrected chi connectivity index (χ3v) is 6.36. The normalized spacial score (nSPS) is 21.1. The number of ether oxygens (including phenoxy) is 2. The van der Waals surface area contributed by atoms with Gasteiger partial charge in [-0.2, -0.15) is 0 Å². The zero-order valence-corrected chi connectivity index (χ0v) is 18.9. The van der Waals surface area contributed by atoms with E-state index < -0.39 is 35.9 Å². The Morgan fingerprint density at radius 2 is 2.00 bits per heavy atom. The van der Waals surface area contributed by atoms with E-state index in [0.717, 1.165) is 23.5 Å². The molecule has 1 unspecified atom stereocenters. The van der Waals surface area contributed by atoms with Crippen LogP contribution in [0, 0.1) is 0 Å². The van der Waals surface area contributed by atoms with Crippen LogP contribution in [0.4, 0.5) is 13.2 Å². The summed E-state index contributed by atoms with van der Waals surface area (Å²) in [6.45, 7) is 1.69. The summed E-state index contributed by atoms with van der Waals surface area (Å²) in [5.41, 5.74) is 3.74. The number of halogens is 3. The van der Waals surface area contributed by atoms with Crippen molar-refractivity contribution in [2.75, 3.05) is 32.8 Å². The maximum absolute atomic E-state index is 13.4. The summed E-state index contributed by atoms with van der Waals surface area (Å²) in [6, 6.07) is 0. The lowest BCUT2D eigenvalue weighted by Crippen LogP contribution is -2.54. The Morgan fingerprint density at radius 1 is 1.23 bits per heavy atom. The second-order valence-corrected chi connectivity index (χ2v) is 8.63. The third kappa shape index (κ3) is 5.80. The predicted molar refractivity (Wildman–Crippen MR) is 115 cm³/mol. The summed E-state index contributed by atoms with van der Waals surface area (Å²) in [5.74, 6) is -2.14. The average molecular weight is 511 g/mol. The van der Waals surface area contributed by atoms with Crippen molar-refractivity contribution in [1.29, 1.82) is 0 Å². The van der Waals surface area contributed by atoms with E-state index in [-0.39, 0.29) is 22.1 Å². The van der Waals surface area contributed by atoms with Gasteiger partial charge in [0.25, 0.3) is 0 Å². The number of hydrogen-bond donors (Lipinski definition) is 2. The number of hydrogen-bond acceptors (Lipinski definition) is 10. The number of amides is 2. The second-order valence-electron chi connectivity index (χ2n) is 7.66. The Hall–Kier alpha value is -3.43. The quantitative estimate of drug-likeness (QED) is 0.553. The molecule has 1 aliphatic heterocycles. The fourth-order valence-electron chi connectivity index (χ4n) is 3.65.